The normalized spacial score (nSPS) is 11.9. The molecule has 5 heteroatoms. The minimum atomic E-state index is -1.03. The molecule has 102 valence electrons. The van der Waals surface area contributed by atoms with Gasteiger partial charge in [-0.25, -0.2) is 9.97 Å². The highest BCUT2D eigenvalue weighted by Gasteiger charge is 2.12. The summed E-state index contributed by atoms with van der Waals surface area (Å²) in [5, 5.41) is 0. The van der Waals surface area contributed by atoms with Gasteiger partial charge in [-0.15, -0.1) is 0 Å². The molecule has 2 heterocycles. The second-order valence-corrected chi connectivity index (χ2v) is 11.5. The Balaban J connectivity index is 2.02. The fraction of sp³-hybridized carbons (Fsp3) is 0.429. The lowest BCUT2D eigenvalue weighted by Gasteiger charge is -2.15. The standard InChI is InChI=1S/C14H21N3OSi/c1-5-12-6-7-13-14(16-12)17(10-15-13)11-18-8-9-19(2,3)4/h5-7,10H,1,8-9,11H2,2-4H3. The minimum absolute atomic E-state index is 0.509. The van der Waals surface area contributed by atoms with Gasteiger partial charge < -0.3 is 4.74 Å². The first-order valence-corrected chi connectivity index (χ1v) is 10.2. The van der Waals surface area contributed by atoms with Crippen LogP contribution in [0.5, 0.6) is 0 Å². The van der Waals surface area contributed by atoms with Crippen molar-refractivity contribution in [3.8, 4) is 0 Å². The number of pyridine rings is 1. The van der Waals surface area contributed by atoms with E-state index in [4.69, 9.17) is 4.74 Å². The molecule has 4 nitrogen and oxygen atoms in total. The molecule has 2 aromatic heterocycles. The van der Waals surface area contributed by atoms with Crippen LogP contribution in [0.2, 0.25) is 25.7 Å². The van der Waals surface area contributed by atoms with Gasteiger partial charge in [0.1, 0.15) is 12.2 Å². The third-order valence-corrected chi connectivity index (χ3v) is 4.62. The average molecular weight is 275 g/mol. The van der Waals surface area contributed by atoms with Gasteiger partial charge in [-0.1, -0.05) is 26.2 Å². The van der Waals surface area contributed by atoms with Gasteiger partial charge in [-0.3, -0.25) is 4.57 Å². The molecule has 0 saturated carbocycles. The van der Waals surface area contributed by atoms with Gasteiger partial charge in [-0.05, 0) is 24.3 Å². The molecule has 0 aliphatic heterocycles. The van der Waals surface area contributed by atoms with Crippen molar-refractivity contribution in [2.75, 3.05) is 6.61 Å². The molecular weight excluding hydrogens is 254 g/mol. The van der Waals surface area contributed by atoms with Crippen molar-refractivity contribution in [2.45, 2.75) is 32.4 Å². The van der Waals surface area contributed by atoms with E-state index in [2.05, 4.69) is 36.2 Å². The summed E-state index contributed by atoms with van der Waals surface area (Å²) >= 11 is 0. The predicted octanol–water partition coefficient (Wildman–Crippen LogP) is 3.39. The lowest BCUT2D eigenvalue weighted by atomic mass is 10.3. The van der Waals surface area contributed by atoms with E-state index in [0.717, 1.165) is 23.5 Å². The summed E-state index contributed by atoms with van der Waals surface area (Å²) in [6, 6.07) is 5.04. The zero-order valence-corrected chi connectivity index (χ0v) is 12.9. The Kier molecular flexibility index (Phi) is 4.16. The van der Waals surface area contributed by atoms with Crippen molar-refractivity contribution in [1.82, 2.24) is 14.5 Å². The molecule has 0 unspecified atom stereocenters. The van der Waals surface area contributed by atoms with E-state index in [1.807, 2.05) is 16.7 Å². The summed E-state index contributed by atoms with van der Waals surface area (Å²) in [4.78, 5) is 8.81. The van der Waals surface area contributed by atoms with Crippen molar-refractivity contribution in [3.63, 3.8) is 0 Å². The Morgan fingerprint density at radius 2 is 2.16 bits per heavy atom. The summed E-state index contributed by atoms with van der Waals surface area (Å²) in [5.74, 6) is 0. The summed E-state index contributed by atoms with van der Waals surface area (Å²) in [6.07, 6.45) is 3.52. The number of aromatic nitrogens is 3. The predicted molar refractivity (Wildman–Crippen MR) is 81.7 cm³/mol. The van der Waals surface area contributed by atoms with Crippen LogP contribution in [0.4, 0.5) is 0 Å². The van der Waals surface area contributed by atoms with Gasteiger partial charge >= 0.3 is 0 Å². The Bertz CT molecular complexity index is 572. The van der Waals surface area contributed by atoms with Crippen LogP contribution in [-0.4, -0.2) is 29.2 Å². The first-order chi connectivity index (χ1) is 8.99. The Labute approximate surface area is 115 Å². The zero-order chi connectivity index (χ0) is 13.9. The maximum atomic E-state index is 5.73. The number of rotatable bonds is 6. The highest BCUT2D eigenvalue weighted by Crippen LogP contribution is 2.13. The van der Waals surface area contributed by atoms with Gasteiger partial charge in [0, 0.05) is 14.7 Å². The molecule has 19 heavy (non-hydrogen) atoms. The number of hydrogen-bond acceptors (Lipinski definition) is 3. The average Bonchev–Trinajstić information content (AvgIpc) is 2.76. The van der Waals surface area contributed by atoms with Crippen LogP contribution in [0.1, 0.15) is 5.69 Å². The van der Waals surface area contributed by atoms with Crippen LogP contribution in [0, 0.1) is 0 Å². The molecule has 2 rings (SSSR count). The van der Waals surface area contributed by atoms with Crippen molar-refractivity contribution in [3.05, 3.63) is 30.7 Å². The van der Waals surface area contributed by atoms with Crippen LogP contribution in [0.15, 0.2) is 25.0 Å². The van der Waals surface area contributed by atoms with Crippen molar-refractivity contribution in [2.24, 2.45) is 0 Å². The molecule has 0 bridgehead atoms. The molecule has 0 atom stereocenters. The second-order valence-electron chi connectivity index (χ2n) is 5.85. The molecule has 0 radical (unpaired) electrons. The van der Waals surface area contributed by atoms with Crippen LogP contribution >= 0.6 is 0 Å². The molecule has 0 spiro atoms. The van der Waals surface area contributed by atoms with Gasteiger partial charge in [0.15, 0.2) is 5.65 Å². The molecule has 0 amide bonds. The van der Waals surface area contributed by atoms with Crippen LogP contribution in [-0.2, 0) is 11.5 Å². The quantitative estimate of drug-likeness (QED) is 0.599. The zero-order valence-electron chi connectivity index (χ0n) is 11.9. The van der Waals surface area contributed by atoms with E-state index >= 15 is 0 Å². The Morgan fingerprint density at radius 3 is 2.84 bits per heavy atom. The number of fused-ring (bicyclic) bond motifs is 1. The van der Waals surface area contributed by atoms with Crippen LogP contribution in [0.3, 0.4) is 0 Å². The van der Waals surface area contributed by atoms with Gasteiger partial charge in [-0.2, -0.15) is 0 Å². The fourth-order valence-electron chi connectivity index (χ4n) is 1.70. The molecular formula is C14H21N3OSi. The molecule has 0 aliphatic rings. The maximum Gasteiger partial charge on any atom is 0.162 e. The fourth-order valence-corrected chi connectivity index (χ4v) is 2.46. The number of ether oxygens (including phenoxy) is 1. The van der Waals surface area contributed by atoms with E-state index in [1.165, 1.54) is 6.04 Å². The first-order valence-electron chi connectivity index (χ1n) is 6.52. The summed E-state index contributed by atoms with van der Waals surface area (Å²) in [5.41, 5.74) is 2.60. The van der Waals surface area contributed by atoms with E-state index < -0.39 is 8.07 Å². The SMILES string of the molecule is C=Cc1ccc2ncn(COCC[Si](C)(C)C)c2n1. The summed E-state index contributed by atoms with van der Waals surface area (Å²) < 4.78 is 7.66. The number of nitrogens with zero attached hydrogens (tertiary/aromatic N) is 3. The largest absolute Gasteiger partial charge is 0.361 e. The lowest BCUT2D eigenvalue weighted by molar-refractivity contribution is 0.0895. The van der Waals surface area contributed by atoms with Gasteiger partial charge in [0.25, 0.3) is 0 Å². The molecule has 2 aromatic rings. The summed E-state index contributed by atoms with van der Waals surface area (Å²) in [6.45, 7) is 12.1. The number of imidazole rings is 1. The van der Waals surface area contributed by atoms with Crippen molar-refractivity contribution in [1.29, 1.82) is 0 Å². The molecule has 0 aromatic carbocycles. The first kappa shape index (κ1) is 14.0. The highest BCUT2D eigenvalue weighted by molar-refractivity contribution is 6.76. The third kappa shape index (κ3) is 3.75. The van der Waals surface area contributed by atoms with Gasteiger partial charge in [0.2, 0.25) is 0 Å². The maximum absolute atomic E-state index is 5.73. The van der Waals surface area contributed by atoms with E-state index in [-0.39, 0.29) is 0 Å². The molecule has 0 aliphatic carbocycles. The van der Waals surface area contributed by atoms with Crippen molar-refractivity contribution >= 4 is 25.3 Å². The van der Waals surface area contributed by atoms with Crippen LogP contribution < -0.4 is 0 Å². The van der Waals surface area contributed by atoms with Crippen molar-refractivity contribution < 1.29 is 4.74 Å². The molecule has 0 saturated heterocycles. The Morgan fingerprint density at radius 1 is 1.37 bits per heavy atom. The number of hydrogen-bond donors (Lipinski definition) is 0. The second kappa shape index (κ2) is 5.67. The van der Waals surface area contributed by atoms with E-state index in [1.54, 1.807) is 12.4 Å². The van der Waals surface area contributed by atoms with Gasteiger partial charge in [0.05, 0.1) is 12.0 Å². The third-order valence-electron chi connectivity index (χ3n) is 2.92. The monoisotopic (exact) mass is 275 g/mol. The highest BCUT2D eigenvalue weighted by atomic mass is 28.3. The minimum Gasteiger partial charge on any atom is -0.361 e. The van der Waals surface area contributed by atoms with Crippen LogP contribution in [0.25, 0.3) is 17.2 Å². The lowest BCUT2D eigenvalue weighted by Crippen LogP contribution is -2.22. The Hall–Kier alpha value is -1.46. The molecule has 0 N–H and O–H groups in total. The van der Waals surface area contributed by atoms with E-state index in [0.29, 0.717) is 6.73 Å². The topological polar surface area (TPSA) is 39.9 Å². The molecule has 0 fully saturated rings. The smallest absolute Gasteiger partial charge is 0.162 e. The van der Waals surface area contributed by atoms with E-state index in [9.17, 15) is 0 Å². The summed E-state index contributed by atoms with van der Waals surface area (Å²) in [7, 11) is -1.03.